The molecule has 0 spiro atoms. The van der Waals surface area contributed by atoms with Crippen LogP contribution in [0.5, 0.6) is 5.75 Å². The molecule has 2 rings (SSSR count). The quantitative estimate of drug-likeness (QED) is 0.704. The van der Waals surface area contributed by atoms with E-state index in [1.807, 2.05) is 6.07 Å². The maximum Gasteiger partial charge on any atom is 0.193 e. The topological polar surface area (TPSA) is 60.7 Å². The SMILES string of the molecule is Oc1ccc(CC(O)(O)c2ccccc2)cc1. The predicted molar refractivity (Wildman–Crippen MR) is 64.4 cm³/mol. The van der Waals surface area contributed by atoms with E-state index < -0.39 is 5.79 Å². The van der Waals surface area contributed by atoms with Crippen molar-refractivity contribution in [3.63, 3.8) is 0 Å². The van der Waals surface area contributed by atoms with E-state index in [-0.39, 0.29) is 12.2 Å². The molecule has 88 valence electrons. The second-order valence-electron chi connectivity index (χ2n) is 4.03. The minimum absolute atomic E-state index is 0.0806. The van der Waals surface area contributed by atoms with Gasteiger partial charge in [0.05, 0.1) is 0 Å². The number of aliphatic hydroxyl groups is 2. The van der Waals surface area contributed by atoms with Crippen LogP contribution in [0.15, 0.2) is 54.6 Å². The van der Waals surface area contributed by atoms with E-state index in [4.69, 9.17) is 5.11 Å². The highest BCUT2D eigenvalue weighted by atomic mass is 16.5. The monoisotopic (exact) mass is 230 g/mol. The van der Waals surface area contributed by atoms with Gasteiger partial charge in [-0.3, -0.25) is 0 Å². The largest absolute Gasteiger partial charge is 0.508 e. The first-order valence-corrected chi connectivity index (χ1v) is 5.36. The Morgan fingerprint density at radius 2 is 1.41 bits per heavy atom. The van der Waals surface area contributed by atoms with Crippen molar-refractivity contribution >= 4 is 0 Å². The molecular weight excluding hydrogens is 216 g/mol. The maximum absolute atomic E-state index is 10.0. The number of rotatable bonds is 3. The molecule has 3 N–H and O–H groups in total. The van der Waals surface area contributed by atoms with Crippen molar-refractivity contribution in [3.05, 3.63) is 65.7 Å². The molecule has 0 atom stereocenters. The van der Waals surface area contributed by atoms with E-state index in [1.54, 1.807) is 36.4 Å². The average molecular weight is 230 g/mol. The summed E-state index contributed by atoms with van der Waals surface area (Å²) in [5, 5.41) is 29.2. The lowest BCUT2D eigenvalue weighted by Crippen LogP contribution is -2.27. The second kappa shape index (κ2) is 4.57. The van der Waals surface area contributed by atoms with Crippen molar-refractivity contribution < 1.29 is 15.3 Å². The van der Waals surface area contributed by atoms with E-state index in [9.17, 15) is 10.2 Å². The minimum atomic E-state index is -1.89. The Hall–Kier alpha value is -1.84. The molecule has 0 radical (unpaired) electrons. The van der Waals surface area contributed by atoms with Gasteiger partial charge < -0.3 is 15.3 Å². The Morgan fingerprint density at radius 3 is 2.00 bits per heavy atom. The van der Waals surface area contributed by atoms with Gasteiger partial charge in [-0.1, -0.05) is 42.5 Å². The van der Waals surface area contributed by atoms with Crippen LogP contribution in [0.25, 0.3) is 0 Å². The summed E-state index contributed by atoms with van der Waals surface area (Å²) in [4.78, 5) is 0. The maximum atomic E-state index is 10.0. The van der Waals surface area contributed by atoms with Gasteiger partial charge in [0.1, 0.15) is 5.75 Å². The fourth-order valence-electron chi connectivity index (χ4n) is 1.71. The third-order valence-electron chi connectivity index (χ3n) is 2.62. The van der Waals surface area contributed by atoms with Gasteiger partial charge in [0.2, 0.25) is 0 Å². The number of aromatic hydroxyl groups is 1. The van der Waals surface area contributed by atoms with Crippen molar-refractivity contribution in [1.29, 1.82) is 0 Å². The molecule has 0 fully saturated rings. The lowest BCUT2D eigenvalue weighted by atomic mass is 9.98. The Labute approximate surface area is 99.6 Å². The minimum Gasteiger partial charge on any atom is -0.508 e. The molecular formula is C14H14O3. The summed E-state index contributed by atoms with van der Waals surface area (Å²) in [5.41, 5.74) is 1.20. The molecule has 0 aliphatic heterocycles. The highest BCUT2D eigenvalue weighted by Crippen LogP contribution is 2.23. The molecule has 2 aromatic rings. The summed E-state index contributed by atoms with van der Waals surface area (Å²) >= 11 is 0. The van der Waals surface area contributed by atoms with Crippen LogP contribution in [0.4, 0.5) is 0 Å². The molecule has 2 aromatic carbocycles. The third-order valence-corrected chi connectivity index (χ3v) is 2.62. The molecule has 0 unspecified atom stereocenters. The molecule has 3 nitrogen and oxygen atoms in total. The van der Waals surface area contributed by atoms with E-state index in [0.29, 0.717) is 5.56 Å². The zero-order valence-corrected chi connectivity index (χ0v) is 9.24. The first kappa shape index (κ1) is 11.6. The first-order valence-electron chi connectivity index (χ1n) is 5.36. The van der Waals surface area contributed by atoms with Gasteiger partial charge in [-0.25, -0.2) is 0 Å². The molecule has 3 heteroatoms. The smallest absolute Gasteiger partial charge is 0.193 e. The van der Waals surface area contributed by atoms with E-state index in [0.717, 1.165) is 5.56 Å². The lowest BCUT2D eigenvalue weighted by molar-refractivity contribution is -0.168. The van der Waals surface area contributed by atoms with E-state index in [2.05, 4.69) is 0 Å². The molecule has 0 aliphatic rings. The normalized spacial score (nSPS) is 11.4. The molecule has 0 aliphatic carbocycles. The number of benzene rings is 2. The number of hydrogen-bond acceptors (Lipinski definition) is 3. The summed E-state index contributed by atoms with van der Waals surface area (Å²) in [6.45, 7) is 0. The Morgan fingerprint density at radius 1 is 0.824 bits per heavy atom. The molecule has 0 heterocycles. The van der Waals surface area contributed by atoms with E-state index >= 15 is 0 Å². The van der Waals surface area contributed by atoms with Gasteiger partial charge in [-0.15, -0.1) is 0 Å². The van der Waals surface area contributed by atoms with Crippen molar-refractivity contribution in [2.45, 2.75) is 12.2 Å². The molecule has 0 saturated heterocycles. The van der Waals surface area contributed by atoms with Crippen molar-refractivity contribution in [1.82, 2.24) is 0 Å². The van der Waals surface area contributed by atoms with Crippen LogP contribution in [0.3, 0.4) is 0 Å². The van der Waals surface area contributed by atoms with E-state index in [1.165, 1.54) is 12.1 Å². The zero-order chi connectivity index (χ0) is 12.3. The molecule has 17 heavy (non-hydrogen) atoms. The van der Waals surface area contributed by atoms with Gasteiger partial charge in [0.25, 0.3) is 0 Å². The molecule has 0 saturated carbocycles. The van der Waals surface area contributed by atoms with Crippen LogP contribution >= 0.6 is 0 Å². The van der Waals surface area contributed by atoms with Gasteiger partial charge in [0.15, 0.2) is 5.79 Å². The Kier molecular flexibility index (Phi) is 3.13. The summed E-state index contributed by atoms with van der Waals surface area (Å²) in [7, 11) is 0. The fourth-order valence-corrected chi connectivity index (χ4v) is 1.71. The summed E-state index contributed by atoms with van der Waals surface area (Å²) in [5.74, 6) is -1.73. The van der Waals surface area contributed by atoms with Crippen LogP contribution in [-0.4, -0.2) is 15.3 Å². The van der Waals surface area contributed by atoms with Crippen molar-refractivity contribution in [2.75, 3.05) is 0 Å². The van der Waals surface area contributed by atoms with Gasteiger partial charge in [-0.05, 0) is 17.7 Å². The van der Waals surface area contributed by atoms with Gasteiger partial charge in [-0.2, -0.15) is 0 Å². The average Bonchev–Trinajstić information content (AvgIpc) is 2.33. The van der Waals surface area contributed by atoms with Crippen molar-refractivity contribution in [2.24, 2.45) is 0 Å². The highest BCUT2D eigenvalue weighted by molar-refractivity contribution is 5.29. The summed E-state index contributed by atoms with van der Waals surface area (Å²) in [6, 6.07) is 15.0. The lowest BCUT2D eigenvalue weighted by Gasteiger charge is -2.22. The second-order valence-corrected chi connectivity index (χ2v) is 4.03. The zero-order valence-electron chi connectivity index (χ0n) is 9.24. The van der Waals surface area contributed by atoms with Gasteiger partial charge >= 0.3 is 0 Å². The summed E-state index contributed by atoms with van der Waals surface area (Å²) < 4.78 is 0. The standard InChI is InChI=1S/C14H14O3/c15-13-8-6-11(7-9-13)10-14(16,17)12-4-2-1-3-5-12/h1-9,15-17H,10H2. The van der Waals surface area contributed by atoms with Crippen LogP contribution < -0.4 is 0 Å². The molecule has 0 aromatic heterocycles. The fraction of sp³-hybridized carbons (Fsp3) is 0.143. The third kappa shape index (κ3) is 2.84. The van der Waals surface area contributed by atoms with Crippen LogP contribution in [0.1, 0.15) is 11.1 Å². The van der Waals surface area contributed by atoms with Crippen LogP contribution in [0.2, 0.25) is 0 Å². The first-order chi connectivity index (χ1) is 8.08. The number of phenolic OH excluding ortho intramolecular Hbond substituents is 1. The summed E-state index contributed by atoms with van der Waals surface area (Å²) in [6.07, 6.45) is 0.0806. The van der Waals surface area contributed by atoms with Gasteiger partial charge in [0, 0.05) is 12.0 Å². The van der Waals surface area contributed by atoms with Crippen molar-refractivity contribution in [3.8, 4) is 5.75 Å². The molecule has 0 bridgehead atoms. The molecule has 0 amide bonds. The Bertz CT molecular complexity index is 475. The Balaban J connectivity index is 2.20. The van der Waals surface area contributed by atoms with Crippen LogP contribution in [-0.2, 0) is 12.2 Å². The number of hydrogen-bond donors (Lipinski definition) is 3. The van der Waals surface area contributed by atoms with Crippen LogP contribution in [0, 0.1) is 0 Å². The predicted octanol–water partition coefficient (Wildman–Crippen LogP) is 1.77. The highest BCUT2D eigenvalue weighted by Gasteiger charge is 2.25. The number of phenols is 1.